The largest absolute Gasteiger partial charge is 0.423 e. The lowest BCUT2D eigenvalue weighted by Gasteiger charge is -2.15. The van der Waals surface area contributed by atoms with Gasteiger partial charge in [-0.25, -0.2) is 13.6 Å². The zero-order chi connectivity index (χ0) is 16.4. The van der Waals surface area contributed by atoms with Crippen molar-refractivity contribution in [2.75, 3.05) is 11.4 Å². The Hall–Kier alpha value is -2.76. The highest BCUT2D eigenvalue weighted by molar-refractivity contribution is 5.95. The van der Waals surface area contributed by atoms with Crippen LogP contribution in [0, 0.1) is 11.6 Å². The molecule has 0 saturated carbocycles. The SMILES string of the molecule is O=C(Oc1ccc(N2CCCC2=O)cc1)c1ccc(F)cc1F. The summed E-state index contributed by atoms with van der Waals surface area (Å²) in [7, 11) is 0. The van der Waals surface area contributed by atoms with Gasteiger partial charge in [-0.15, -0.1) is 0 Å². The van der Waals surface area contributed by atoms with Crippen LogP contribution in [0.4, 0.5) is 14.5 Å². The molecule has 1 saturated heterocycles. The fourth-order valence-corrected chi connectivity index (χ4v) is 2.43. The van der Waals surface area contributed by atoms with Crippen molar-refractivity contribution in [2.24, 2.45) is 0 Å². The summed E-state index contributed by atoms with van der Waals surface area (Å²) < 4.78 is 31.4. The van der Waals surface area contributed by atoms with Gasteiger partial charge < -0.3 is 9.64 Å². The van der Waals surface area contributed by atoms with Crippen LogP contribution in [0.25, 0.3) is 0 Å². The van der Waals surface area contributed by atoms with Gasteiger partial charge in [0.05, 0.1) is 5.56 Å². The topological polar surface area (TPSA) is 46.6 Å². The first kappa shape index (κ1) is 15.1. The van der Waals surface area contributed by atoms with E-state index in [1.54, 1.807) is 17.0 Å². The minimum atomic E-state index is -0.978. The van der Waals surface area contributed by atoms with Crippen LogP contribution in [0.5, 0.6) is 5.75 Å². The fourth-order valence-electron chi connectivity index (χ4n) is 2.43. The number of carbonyl (C=O) groups is 2. The van der Waals surface area contributed by atoms with E-state index in [4.69, 9.17) is 4.74 Å². The smallest absolute Gasteiger partial charge is 0.346 e. The molecule has 3 rings (SSSR count). The van der Waals surface area contributed by atoms with E-state index < -0.39 is 17.6 Å². The molecule has 0 N–H and O–H groups in total. The first-order valence-corrected chi connectivity index (χ1v) is 7.12. The van der Waals surface area contributed by atoms with Crippen molar-refractivity contribution in [3.05, 3.63) is 59.7 Å². The monoisotopic (exact) mass is 317 g/mol. The Morgan fingerprint density at radius 1 is 1.09 bits per heavy atom. The summed E-state index contributed by atoms with van der Waals surface area (Å²) in [5.41, 5.74) is 0.380. The molecule has 1 amide bonds. The molecule has 23 heavy (non-hydrogen) atoms. The number of hydrogen-bond donors (Lipinski definition) is 0. The van der Waals surface area contributed by atoms with Crippen LogP contribution in [0.3, 0.4) is 0 Å². The minimum absolute atomic E-state index is 0.0585. The summed E-state index contributed by atoms with van der Waals surface area (Å²) in [4.78, 5) is 25.2. The molecule has 1 aliphatic heterocycles. The van der Waals surface area contributed by atoms with Crippen molar-refractivity contribution in [1.29, 1.82) is 0 Å². The number of anilines is 1. The van der Waals surface area contributed by atoms with E-state index in [2.05, 4.69) is 0 Å². The van der Waals surface area contributed by atoms with Crippen molar-refractivity contribution < 1.29 is 23.1 Å². The molecule has 6 heteroatoms. The summed E-state index contributed by atoms with van der Waals surface area (Å²) in [6.07, 6.45) is 1.35. The second kappa shape index (κ2) is 6.16. The van der Waals surface area contributed by atoms with Crippen LogP contribution in [-0.2, 0) is 4.79 Å². The Labute approximate surface area is 131 Å². The van der Waals surface area contributed by atoms with Gasteiger partial charge in [-0.2, -0.15) is 0 Å². The van der Waals surface area contributed by atoms with Gasteiger partial charge in [0.1, 0.15) is 17.4 Å². The molecule has 1 fully saturated rings. The van der Waals surface area contributed by atoms with Gasteiger partial charge in [0.2, 0.25) is 5.91 Å². The maximum Gasteiger partial charge on any atom is 0.346 e. The van der Waals surface area contributed by atoms with Crippen molar-refractivity contribution in [3.63, 3.8) is 0 Å². The molecule has 2 aromatic rings. The summed E-state index contributed by atoms with van der Waals surface area (Å²) in [6.45, 7) is 0.665. The molecule has 4 nitrogen and oxygen atoms in total. The van der Waals surface area contributed by atoms with Gasteiger partial charge in [-0.05, 0) is 42.8 Å². The predicted molar refractivity (Wildman–Crippen MR) is 79.3 cm³/mol. The highest BCUT2D eigenvalue weighted by atomic mass is 19.1. The second-order valence-corrected chi connectivity index (χ2v) is 5.16. The average molecular weight is 317 g/mol. The number of esters is 1. The number of carbonyl (C=O) groups excluding carboxylic acids is 2. The quantitative estimate of drug-likeness (QED) is 0.644. The average Bonchev–Trinajstić information content (AvgIpc) is 2.94. The number of nitrogens with zero attached hydrogens (tertiary/aromatic N) is 1. The predicted octanol–water partition coefficient (Wildman–Crippen LogP) is 3.31. The molecule has 0 spiro atoms. The Bertz CT molecular complexity index is 759. The third-order valence-electron chi connectivity index (χ3n) is 3.58. The first-order chi connectivity index (χ1) is 11.0. The van der Waals surface area contributed by atoms with Crippen LogP contribution in [0.15, 0.2) is 42.5 Å². The normalized spacial score (nSPS) is 14.2. The van der Waals surface area contributed by atoms with Crippen molar-refractivity contribution in [2.45, 2.75) is 12.8 Å². The van der Waals surface area contributed by atoms with Gasteiger partial charge in [0.25, 0.3) is 0 Å². The zero-order valence-electron chi connectivity index (χ0n) is 12.1. The van der Waals surface area contributed by atoms with Gasteiger partial charge in [0.15, 0.2) is 0 Å². The third kappa shape index (κ3) is 3.21. The standard InChI is InChI=1S/C17H13F2NO3/c18-11-3-8-14(15(19)10-11)17(22)23-13-6-4-12(5-7-13)20-9-1-2-16(20)21/h3-8,10H,1-2,9H2. The van der Waals surface area contributed by atoms with Gasteiger partial charge in [0, 0.05) is 24.7 Å². The lowest BCUT2D eigenvalue weighted by Crippen LogP contribution is -2.23. The fraction of sp³-hybridized carbons (Fsp3) is 0.176. The molecule has 0 aromatic heterocycles. The maximum absolute atomic E-state index is 13.5. The lowest BCUT2D eigenvalue weighted by molar-refractivity contribution is -0.117. The lowest BCUT2D eigenvalue weighted by atomic mass is 10.2. The maximum atomic E-state index is 13.5. The molecule has 1 aliphatic rings. The third-order valence-corrected chi connectivity index (χ3v) is 3.58. The van der Waals surface area contributed by atoms with E-state index in [0.29, 0.717) is 19.0 Å². The molecule has 1 heterocycles. The first-order valence-electron chi connectivity index (χ1n) is 7.12. The van der Waals surface area contributed by atoms with Crippen LogP contribution in [0.1, 0.15) is 23.2 Å². The van der Waals surface area contributed by atoms with Crippen LogP contribution >= 0.6 is 0 Å². The highest BCUT2D eigenvalue weighted by Crippen LogP contribution is 2.24. The van der Waals surface area contributed by atoms with Gasteiger partial charge in [-0.3, -0.25) is 4.79 Å². The van der Waals surface area contributed by atoms with E-state index in [9.17, 15) is 18.4 Å². The van der Waals surface area contributed by atoms with Gasteiger partial charge >= 0.3 is 5.97 Å². The molecule has 0 atom stereocenters. The number of rotatable bonds is 3. The number of hydrogen-bond acceptors (Lipinski definition) is 3. The Morgan fingerprint density at radius 2 is 1.83 bits per heavy atom. The minimum Gasteiger partial charge on any atom is -0.423 e. The summed E-state index contributed by atoms with van der Waals surface area (Å²) in [5.74, 6) is -2.38. The molecule has 0 bridgehead atoms. The van der Waals surface area contributed by atoms with Crippen molar-refractivity contribution >= 4 is 17.6 Å². The van der Waals surface area contributed by atoms with Crippen molar-refractivity contribution in [1.82, 2.24) is 0 Å². The highest BCUT2D eigenvalue weighted by Gasteiger charge is 2.21. The number of benzene rings is 2. The number of amides is 1. The Kier molecular flexibility index (Phi) is 4.06. The van der Waals surface area contributed by atoms with E-state index >= 15 is 0 Å². The Morgan fingerprint density at radius 3 is 2.43 bits per heavy atom. The molecule has 118 valence electrons. The zero-order valence-corrected chi connectivity index (χ0v) is 12.1. The summed E-state index contributed by atoms with van der Waals surface area (Å²) in [6, 6.07) is 9.02. The Balaban J connectivity index is 1.73. The summed E-state index contributed by atoms with van der Waals surface area (Å²) in [5, 5.41) is 0. The summed E-state index contributed by atoms with van der Waals surface area (Å²) >= 11 is 0. The van der Waals surface area contributed by atoms with E-state index in [1.807, 2.05) is 0 Å². The number of halogens is 2. The molecular formula is C17H13F2NO3. The molecule has 0 radical (unpaired) electrons. The molecule has 2 aromatic carbocycles. The number of ether oxygens (including phenoxy) is 1. The van der Waals surface area contributed by atoms with E-state index in [0.717, 1.165) is 24.2 Å². The molecule has 0 aliphatic carbocycles. The van der Waals surface area contributed by atoms with Crippen LogP contribution < -0.4 is 9.64 Å². The van der Waals surface area contributed by atoms with E-state index in [-0.39, 0.29) is 17.2 Å². The van der Waals surface area contributed by atoms with Crippen molar-refractivity contribution in [3.8, 4) is 5.75 Å². The molecule has 0 unspecified atom stereocenters. The second-order valence-electron chi connectivity index (χ2n) is 5.16. The van der Waals surface area contributed by atoms with E-state index in [1.165, 1.54) is 12.1 Å². The van der Waals surface area contributed by atoms with Crippen LogP contribution in [0.2, 0.25) is 0 Å². The molecular weight excluding hydrogens is 304 g/mol. The van der Waals surface area contributed by atoms with Crippen LogP contribution in [-0.4, -0.2) is 18.4 Å². The van der Waals surface area contributed by atoms with Gasteiger partial charge in [-0.1, -0.05) is 0 Å².